The summed E-state index contributed by atoms with van der Waals surface area (Å²) in [6.45, 7) is 4.39. The average molecular weight is 425 g/mol. The zero-order valence-electron chi connectivity index (χ0n) is 16.9. The fourth-order valence-electron chi connectivity index (χ4n) is 3.03. The van der Waals surface area contributed by atoms with Gasteiger partial charge in [0, 0.05) is 18.8 Å². The van der Waals surface area contributed by atoms with E-state index in [4.69, 9.17) is 4.42 Å². The molecule has 3 aromatic rings. The summed E-state index contributed by atoms with van der Waals surface area (Å²) >= 11 is 0. The zero-order chi connectivity index (χ0) is 21.6. The van der Waals surface area contributed by atoms with Crippen LogP contribution in [0.4, 0.5) is 5.69 Å². The van der Waals surface area contributed by atoms with E-state index in [1.54, 1.807) is 50.5 Å². The van der Waals surface area contributed by atoms with E-state index in [1.807, 2.05) is 30.3 Å². The number of sulfonamides is 1. The molecule has 1 heterocycles. The summed E-state index contributed by atoms with van der Waals surface area (Å²) in [5.74, 6) is 0.238. The molecule has 0 fully saturated rings. The van der Waals surface area contributed by atoms with Gasteiger partial charge in [-0.1, -0.05) is 44.2 Å². The predicted octanol–water partition coefficient (Wildman–Crippen LogP) is 4.49. The third-order valence-corrected chi connectivity index (χ3v) is 6.68. The van der Waals surface area contributed by atoms with E-state index in [2.05, 4.69) is 5.32 Å². The lowest BCUT2D eigenvalue weighted by Crippen LogP contribution is -2.30. The number of anilines is 1. The van der Waals surface area contributed by atoms with Crippen LogP contribution >= 0.6 is 0 Å². The maximum Gasteiger partial charge on any atom is 0.256 e. The highest BCUT2D eigenvalue weighted by atomic mass is 32.2. The summed E-state index contributed by atoms with van der Waals surface area (Å²) in [5, 5.41) is 2.83. The highest BCUT2D eigenvalue weighted by Gasteiger charge is 2.21. The highest BCUT2D eigenvalue weighted by molar-refractivity contribution is 7.89. The minimum atomic E-state index is -3.54. The van der Waals surface area contributed by atoms with Gasteiger partial charge in [0.25, 0.3) is 5.91 Å². The van der Waals surface area contributed by atoms with Gasteiger partial charge in [0.05, 0.1) is 16.7 Å². The quantitative estimate of drug-likeness (QED) is 0.541. The number of furan rings is 1. The highest BCUT2D eigenvalue weighted by Crippen LogP contribution is 2.22. The molecule has 0 aliphatic carbocycles. The van der Waals surface area contributed by atoms with Crippen LogP contribution in [0.2, 0.25) is 0 Å². The van der Waals surface area contributed by atoms with Gasteiger partial charge in [-0.25, -0.2) is 8.42 Å². The Balaban J connectivity index is 1.85. The monoisotopic (exact) mass is 424 g/mol. The van der Waals surface area contributed by atoms with Crippen molar-refractivity contribution < 1.29 is 17.6 Å². The van der Waals surface area contributed by atoms with Crippen LogP contribution in [0.1, 0.15) is 25.2 Å². The molecular weight excluding hydrogens is 400 g/mol. The Morgan fingerprint density at radius 3 is 2.20 bits per heavy atom. The SMILES string of the molecule is CCN(CC)S(=O)(=O)c1ccc(NC(=O)C(=Cc2ccco2)c2ccccc2)cc1. The van der Waals surface area contributed by atoms with E-state index < -0.39 is 10.0 Å². The predicted molar refractivity (Wildman–Crippen MR) is 118 cm³/mol. The summed E-state index contributed by atoms with van der Waals surface area (Å²) in [6, 6.07) is 19.0. The molecule has 0 spiro atoms. The Hall–Kier alpha value is -3.16. The van der Waals surface area contributed by atoms with Crippen molar-refractivity contribution in [1.82, 2.24) is 4.31 Å². The summed E-state index contributed by atoms with van der Waals surface area (Å²) in [4.78, 5) is 13.2. The second-order valence-corrected chi connectivity index (χ2v) is 8.45. The van der Waals surface area contributed by atoms with Crippen LogP contribution in [-0.4, -0.2) is 31.7 Å². The largest absolute Gasteiger partial charge is 0.465 e. The van der Waals surface area contributed by atoms with Crippen molar-refractivity contribution in [3.63, 3.8) is 0 Å². The summed E-state index contributed by atoms with van der Waals surface area (Å²) in [5.41, 5.74) is 1.68. The maximum atomic E-state index is 13.0. The molecule has 156 valence electrons. The molecule has 0 aliphatic rings. The van der Waals surface area contributed by atoms with Crippen LogP contribution in [0.25, 0.3) is 11.6 Å². The van der Waals surface area contributed by atoms with E-state index in [1.165, 1.54) is 16.4 Å². The van der Waals surface area contributed by atoms with Crippen molar-refractivity contribution >= 4 is 33.3 Å². The molecule has 3 rings (SSSR count). The van der Waals surface area contributed by atoms with E-state index in [0.717, 1.165) is 5.56 Å². The van der Waals surface area contributed by atoms with Crippen molar-refractivity contribution in [3.8, 4) is 0 Å². The molecule has 1 N–H and O–H groups in total. The first-order chi connectivity index (χ1) is 14.5. The molecule has 30 heavy (non-hydrogen) atoms. The Labute approximate surface area is 176 Å². The minimum absolute atomic E-state index is 0.193. The van der Waals surface area contributed by atoms with Gasteiger partial charge < -0.3 is 9.73 Å². The molecule has 1 aromatic heterocycles. The van der Waals surface area contributed by atoms with Crippen LogP contribution in [-0.2, 0) is 14.8 Å². The van der Waals surface area contributed by atoms with Crippen LogP contribution in [0, 0.1) is 0 Å². The first kappa shape index (κ1) is 21.5. The maximum absolute atomic E-state index is 13.0. The number of rotatable bonds is 8. The van der Waals surface area contributed by atoms with Crippen molar-refractivity contribution in [3.05, 3.63) is 84.3 Å². The van der Waals surface area contributed by atoms with Gasteiger partial charge in [-0.05, 0) is 48.0 Å². The van der Waals surface area contributed by atoms with Gasteiger partial charge >= 0.3 is 0 Å². The lowest BCUT2D eigenvalue weighted by atomic mass is 10.0. The number of nitrogens with one attached hydrogen (secondary N) is 1. The van der Waals surface area contributed by atoms with Crippen molar-refractivity contribution in [2.75, 3.05) is 18.4 Å². The molecule has 0 saturated heterocycles. The van der Waals surface area contributed by atoms with Crippen LogP contribution in [0.15, 0.2) is 82.3 Å². The summed E-state index contributed by atoms with van der Waals surface area (Å²) < 4.78 is 32.0. The smallest absolute Gasteiger partial charge is 0.256 e. The minimum Gasteiger partial charge on any atom is -0.465 e. The summed E-state index contributed by atoms with van der Waals surface area (Å²) in [7, 11) is -3.54. The van der Waals surface area contributed by atoms with Crippen molar-refractivity contribution in [2.24, 2.45) is 0 Å². The number of benzene rings is 2. The van der Waals surface area contributed by atoms with E-state index >= 15 is 0 Å². The van der Waals surface area contributed by atoms with Gasteiger partial charge in [-0.3, -0.25) is 4.79 Å². The lowest BCUT2D eigenvalue weighted by Gasteiger charge is -2.18. The number of carbonyl (C=O) groups excluding carboxylic acids is 1. The molecular formula is C23H24N2O4S. The molecule has 2 aromatic carbocycles. The van der Waals surface area contributed by atoms with E-state index in [9.17, 15) is 13.2 Å². The third kappa shape index (κ3) is 4.87. The second kappa shape index (κ2) is 9.56. The van der Waals surface area contributed by atoms with E-state index in [0.29, 0.717) is 30.1 Å². The molecule has 0 radical (unpaired) electrons. The molecule has 0 atom stereocenters. The summed E-state index contributed by atoms with van der Waals surface area (Å²) in [6.07, 6.45) is 3.21. The lowest BCUT2D eigenvalue weighted by molar-refractivity contribution is -0.111. The average Bonchev–Trinajstić information content (AvgIpc) is 3.27. The van der Waals surface area contributed by atoms with Crippen LogP contribution in [0.3, 0.4) is 0 Å². The Bertz CT molecular complexity index is 1100. The molecule has 0 aliphatic heterocycles. The third-order valence-electron chi connectivity index (χ3n) is 4.61. The Morgan fingerprint density at radius 1 is 0.967 bits per heavy atom. The number of nitrogens with zero attached hydrogens (tertiary/aromatic N) is 1. The normalized spacial score (nSPS) is 12.2. The number of carbonyl (C=O) groups is 1. The molecule has 6 nitrogen and oxygen atoms in total. The molecule has 1 amide bonds. The van der Waals surface area contributed by atoms with E-state index in [-0.39, 0.29) is 10.8 Å². The van der Waals surface area contributed by atoms with Crippen molar-refractivity contribution in [1.29, 1.82) is 0 Å². The van der Waals surface area contributed by atoms with Gasteiger partial charge in [-0.2, -0.15) is 4.31 Å². The first-order valence-electron chi connectivity index (χ1n) is 9.68. The van der Waals surface area contributed by atoms with Crippen LogP contribution in [0.5, 0.6) is 0 Å². The fraction of sp³-hybridized carbons (Fsp3) is 0.174. The first-order valence-corrected chi connectivity index (χ1v) is 11.1. The number of hydrogen-bond acceptors (Lipinski definition) is 4. The number of amides is 1. The second-order valence-electron chi connectivity index (χ2n) is 6.51. The standard InChI is InChI=1S/C23H24N2O4S/c1-3-25(4-2)30(27,28)21-14-12-19(13-15-21)24-23(26)22(17-20-11-8-16-29-20)18-9-6-5-7-10-18/h5-17H,3-4H2,1-2H3,(H,24,26). The topological polar surface area (TPSA) is 79.6 Å². The van der Waals surface area contributed by atoms with Gasteiger partial charge in [0.1, 0.15) is 5.76 Å². The van der Waals surface area contributed by atoms with Gasteiger partial charge in [-0.15, -0.1) is 0 Å². The molecule has 0 unspecified atom stereocenters. The molecule has 0 saturated carbocycles. The molecule has 0 bridgehead atoms. The van der Waals surface area contributed by atoms with Gasteiger partial charge in [0.2, 0.25) is 10.0 Å². The molecule has 7 heteroatoms. The van der Waals surface area contributed by atoms with Gasteiger partial charge in [0.15, 0.2) is 0 Å². The van der Waals surface area contributed by atoms with Crippen molar-refractivity contribution in [2.45, 2.75) is 18.7 Å². The fourth-order valence-corrected chi connectivity index (χ4v) is 4.49. The Kier molecular flexibility index (Phi) is 6.87. The Morgan fingerprint density at radius 2 is 1.63 bits per heavy atom. The van der Waals surface area contributed by atoms with Crippen LogP contribution < -0.4 is 5.32 Å². The zero-order valence-corrected chi connectivity index (χ0v) is 17.7. The number of hydrogen-bond donors (Lipinski definition) is 1.